The Morgan fingerprint density at radius 3 is 2.43 bits per heavy atom. The third-order valence-corrected chi connectivity index (χ3v) is 1.83. The normalized spacial score (nSPS) is 14.1. The quantitative estimate of drug-likeness (QED) is 0.449. The molecule has 0 rings (SSSR count). The number of halogens is 1. The van der Waals surface area contributed by atoms with Crippen LogP contribution in [0.15, 0.2) is 0 Å². The van der Waals surface area contributed by atoms with E-state index in [0.717, 1.165) is 18.6 Å². The molecule has 0 saturated heterocycles. The number of alkyl halides is 1. The minimum atomic E-state index is 0.285. The van der Waals surface area contributed by atoms with E-state index in [4.69, 9.17) is 11.6 Å². The third kappa shape index (κ3) is 4.49. The van der Waals surface area contributed by atoms with Crippen molar-refractivity contribution in [3.05, 3.63) is 0 Å². The van der Waals surface area contributed by atoms with Gasteiger partial charge in [0.2, 0.25) is 0 Å². The fourth-order valence-electron chi connectivity index (χ4n) is 0.405. The molecule has 0 nitrogen and oxygen atoms in total. The van der Waals surface area contributed by atoms with Crippen molar-refractivity contribution >= 4 is 24.2 Å². The zero-order valence-electron chi connectivity index (χ0n) is 4.52. The Labute approximate surface area is 55.7 Å². The van der Waals surface area contributed by atoms with E-state index in [1.54, 1.807) is 0 Å². The molecule has 0 aromatic carbocycles. The maximum atomic E-state index is 5.69. The minimum Gasteiger partial charge on any atom is -0.178 e. The van der Waals surface area contributed by atoms with Gasteiger partial charge in [0.1, 0.15) is 0 Å². The van der Waals surface area contributed by atoms with Gasteiger partial charge in [0.05, 0.1) is 0 Å². The van der Waals surface area contributed by atoms with Gasteiger partial charge in [0.15, 0.2) is 0 Å². The smallest absolute Gasteiger partial charge is 0.0423 e. The monoisotopic (exact) mass is 138 g/mol. The molecule has 0 N–H and O–H groups in total. The summed E-state index contributed by atoms with van der Waals surface area (Å²) in [7, 11) is 0. The van der Waals surface area contributed by atoms with Crippen LogP contribution in [0.2, 0.25) is 0 Å². The molecule has 0 radical (unpaired) electrons. The fourth-order valence-corrected chi connectivity index (χ4v) is 0.805. The molecular weight excluding hydrogens is 128 g/mol. The summed E-state index contributed by atoms with van der Waals surface area (Å²) < 4.78 is 0. The zero-order valence-corrected chi connectivity index (χ0v) is 6.17. The molecule has 0 bridgehead atoms. The van der Waals surface area contributed by atoms with Crippen molar-refractivity contribution < 1.29 is 0 Å². The van der Waals surface area contributed by atoms with Crippen LogP contribution in [-0.2, 0) is 0 Å². The first-order valence-corrected chi connectivity index (χ1v) is 3.63. The molecule has 0 amide bonds. The van der Waals surface area contributed by atoms with Crippen LogP contribution in [0.1, 0.15) is 19.8 Å². The average molecular weight is 139 g/mol. The van der Waals surface area contributed by atoms with E-state index in [9.17, 15) is 0 Å². The van der Waals surface area contributed by atoms with Gasteiger partial charge in [-0.2, -0.15) is 12.6 Å². The first-order valence-electron chi connectivity index (χ1n) is 2.56. The van der Waals surface area contributed by atoms with Crippen LogP contribution in [0.25, 0.3) is 0 Å². The maximum absolute atomic E-state index is 5.69. The molecule has 0 heterocycles. The highest BCUT2D eigenvalue weighted by atomic mass is 35.5. The van der Waals surface area contributed by atoms with Gasteiger partial charge in [-0.1, -0.05) is 13.3 Å². The molecule has 0 aromatic heterocycles. The number of hydrogen-bond acceptors (Lipinski definition) is 1. The van der Waals surface area contributed by atoms with Gasteiger partial charge in [-0.3, -0.25) is 0 Å². The third-order valence-electron chi connectivity index (χ3n) is 0.800. The Morgan fingerprint density at radius 1 is 1.71 bits per heavy atom. The summed E-state index contributed by atoms with van der Waals surface area (Å²) >= 11 is 9.71. The minimum absolute atomic E-state index is 0.285. The van der Waals surface area contributed by atoms with E-state index in [-0.39, 0.29) is 5.38 Å². The Balaban J connectivity index is 2.83. The van der Waals surface area contributed by atoms with Crippen LogP contribution >= 0.6 is 24.2 Å². The molecule has 7 heavy (non-hydrogen) atoms. The maximum Gasteiger partial charge on any atom is 0.0423 e. The van der Waals surface area contributed by atoms with Crippen LogP contribution in [0.5, 0.6) is 0 Å². The molecular formula is C5H11ClS. The van der Waals surface area contributed by atoms with E-state index in [1.165, 1.54) is 0 Å². The molecule has 0 aliphatic rings. The SMILES string of the molecule is CCCC(Cl)CS. The van der Waals surface area contributed by atoms with Crippen molar-refractivity contribution in [3.63, 3.8) is 0 Å². The van der Waals surface area contributed by atoms with E-state index < -0.39 is 0 Å². The average Bonchev–Trinajstić information content (AvgIpc) is 1.68. The molecule has 0 aliphatic carbocycles. The second kappa shape index (κ2) is 4.79. The van der Waals surface area contributed by atoms with Crippen LogP contribution in [0, 0.1) is 0 Å². The van der Waals surface area contributed by atoms with Gasteiger partial charge in [-0.25, -0.2) is 0 Å². The van der Waals surface area contributed by atoms with E-state index in [1.807, 2.05) is 0 Å². The highest BCUT2D eigenvalue weighted by molar-refractivity contribution is 7.80. The van der Waals surface area contributed by atoms with Gasteiger partial charge in [-0.15, -0.1) is 11.6 Å². The lowest BCUT2D eigenvalue weighted by molar-refractivity contribution is 0.787. The highest BCUT2D eigenvalue weighted by Gasteiger charge is 1.96. The Bertz CT molecular complexity index is 39.1. The van der Waals surface area contributed by atoms with Crippen molar-refractivity contribution in [1.29, 1.82) is 0 Å². The van der Waals surface area contributed by atoms with Gasteiger partial charge in [-0.05, 0) is 6.42 Å². The Kier molecular flexibility index (Phi) is 5.23. The van der Waals surface area contributed by atoms with Crippen molar-refractivity contribution in [2.45, 2.75) is 25.1 Å². The zero-order chi connectivity index (χ0) is 5.70. The predicted molar refractivity (Wildman–Crippen MR) is 38.4 cm³/mol. The molecule has 1 unspecified atom stereocenters. The number of hydrogen-bond donors (Lipinski definition) is 1. The van der Waals surface area contributed by atoms with Crippen LogP contribution in [0.4, 0.5) is 0 Å². The van der Waals surface area contributed by atoms with E-state index in [2.05, 4.69) is 19.6 Å². The lowest BCUT2D eigenvalue weighted by Crippen LogP contribution is -1.97. The van der Waals surface area contributed by atoms with Gasteiger partial charge in [0, 0.05) is 11.1 Å². The van der Waals surface area contributed by atoms with Crippen molar-refractivity contribution in [1.82, 2.24) is 0 Å². The molecule has 2 heteroatoms. The summed E-state index contributed by atoms with van der Waals surface area (Å²) in [5.41, 5.74) is 0. The van der Waals surface area contributed by atoms with Crippen molar-refractivity contribution in [3.8, 4) is 0 Å². The summed E-state index contributed by atoms with van der Waals surface area (Å²) in [6, 6.07) is 0. The molecule has 1 atom stereocenters. The Hall–Kier alpha value is 0.640. The second-order valence-electron chi connectivity index (χ2n) is 1.57. The molecule has 0 spiro atoms. The first-order chi connectivity index (χ1) is 3.31. The van der Waals surface area contributed by atoms with Gasteiger partial charge < -0.3 is 0 Å². The standard InChI is InChI=1S/C5H11ClS/c1-2-3-5(6)4-7/h5,7H,2-4H2,1H3. The van der Waals surface area contributed by atoms with Crippen molar-refractivity contribution in [2.24, 2.45) is 0 Å². The lowest BCUT2D eigenvalue weighted by Gasteiger charge is -1.99. The predicted octanol–water partition coefficient (Wildman–Crippen LogP) is 2.32. The molecule has 0 fully saturated rings. The molecule has 44 valence electrons. The van der Waals surface area contributed by atoms with Crippen LogP contribution in [-0.4, -0.2) is 11.1 Å². The first kappa shape index (κ1) is 7.64. The fraction of sp³-hybridized carbons (Fsp3) is 1.00. The molecule has 0 aromatic rings. The lowest BCUT2D eigenvalue weighted by atomic mass is 10.3. The molecule has 0 saturated carbocycles. The van der Waals surface area contributed by atoms with E-state index >= 15 is 0 Å². The van der Waals surface area contributed by atoms with Gasteiger partial charge in [0.25, 0.3) is 0 Å². The van der Waals surface area contributed by atoms with Crippen LogP contribution < -0.4 is 0 Å². The second-order valence-corrected chi connectivity index (χ2v) is 2.55. The summed E-state index contributed by atoms with van der Waals surface area (Å²) in [6.45, 7) is 2.12. The Morgan fingerprint density at radius 2 is 2.29 bits per heavy atom. The number of thiol groups is 1. The highest BCUT2D eigenvalue weighted by Crippen LogP contribution is 2.05. The number of rotatable bonds is 3. The van der Waals surface area contributed by atoms with Crippen LogP contribution in [0.3, 0.4) is 0 Å². The van der Waals surface area contributed by atoms with E-state index in [0.29, 0.717) is 0 Å². The summed E-state index contributed by atoms with van der Waals surface area (Å²) in [6.07, 6.45) is 2.25. The van der Waals surface area contributed by atoms with Gasteiger partial charge >= 0.3 is 0 Å². The largest absolute Gasteiger partial charge is 0.178 e. The molecule has 0 aliphatic heterocycles. The summed E-state index contributed by atoms with van der Waals surface area (Å²) in [4.78, 5) is 0. The topological polar surface area (TPSA) is 0 Å². The summed E-state index contributed by atoms with van der Waals surface area (Å²) in [5.74, 6) is 0.801. The van der Waals surface area contributed by atoms with Crippen molar-refractivity contribution in [2.75, 3.05) is 5.75 Å². The summed E-state index contributed by atoms with van der Waals surface area (Å²) in [5, 5.41) is 0.285.